The maximum Gasteiger partial charge on any atom is 0.122 e. The van der Waals surface area contributed by atoms with Crippen LogP contribution in [0.5, 0.6) is 0 Å². The third-order valence-corrected chi connectivity index (χ3v) is 3.52. The molecule has 1 aromatic heterocycles. The van der Waals surface area contributed by atoms with Crippen molar-refractivity contribution in [2.75, 3.05) is 6.61 Å². The first-order valence-corrected chi connectivity index (χ1v) is 6.01. The molecule has 2 atom stereocenters. The summed E-state index contributed by atoms with van der Waals surface area (Å²) in [6.45, 7) is 2.95. The van der Waals surface area contributed by atoms with E-state index in [2.05, 4.69) is 17.3 Å². The maximum absolute atomic E-state index is 5.91. The first kappa shape index (κ1) is 10.1. The third kappa shape index (κ3) is 1.97. The largest absolute Gasteiger partial charge is 0.371 e. The van der Waals surface area contributed by atoms with Gasteiger partial charge in [0, 0.05) is 18.0 Å². The van der Waals surface area contributed by atoms with E-state index in [9.17, 15) is 0 Å². The van der Waals surface area contributed by atoms with Crippen molar-refractivity contribution in [1.29, 1.82) is 0 Å². The van der Waals surface area contributed by atoms with Crippen LogP contribution in [0.4, 0.5) is 0 Å². The molecule has 0 saturated carbocycles. The van der Waals surface area contributed by atoms with E-state index in [4.69, 9.17) is 10.5 Å². The molecule has 0 aromatic carbocycles. The number of ether oxygens (including phenoxy) is 1. The molecule has 1 aromatic rings. The van der Waals surface area contributed by atoms with Crippen molar-refractivity contribution in [3.05, 3.63) is 16.1 Å². The third-order valence-electron chi connectivity index (χ3n) is 2.56. The first-order chi connectivity index (χ1) is 6.81. The zero-order chi connectivity index (χ0) is 9.97. The fourth-order valence-electron chi connectivity index (χ4n) is 1.60. The van der Waals surface area contributed by atoms with Gasteiger partial charge in [-0.1, -0.05) is 6.92 Å². The molecule has 1 aliphatic heterocycles. The fraction of sp³-hybridized carbons (Fsp3) is 0.700. The number of hydrogen-bond acceptors (Lipinski definition) is 4. The predicted octanol–water partition coefficient (Wildman–Crippen LogP) is 2.40. The predicted molar refractivity (Wildman–Crippen MR) is 57.3 cm³/mol. The smallest absolute Gasteiger partial charge is 0.122 e. The molecule has 0 spiro atoms. The lowest BCUT2D eigenvalue weighted by Gasteiger charge is -2.05. The zero-order valence-corrected chi connectivity index (χ0v) is 9.22. The van der Waals surface area contributed by atoms with Crippen molar-refractivity contribution in [2.24, 2.45) is 5.73 Å². The van der Waals surface area contributed by atoms with Crippen LogP contribution in [0.25, 0.3) is 0 Å². The minimum Gasteiger partial charge on any atom is -0.371 e. The van der Waals surface area contributed by atoms with Gasteiger partial charge in [0.15, 0.2) is 0 Å². The number of thiazole rings is 1. The summed E-state index contributed by atoms with van der Waals surface area (Å²) in [5.74, 6) is 0. The SMILES string of the molecule is CCC(N)c1csc(C2CCCO2)n1. The molecule has 4 heteroatoms. The topological polar surface area (TPSA) is 48.1 Å². The minimum absolute atomic E-state index is 0.0846. The van der Waals surface area contributed by atoms with E-state index >= 15 is 0 Å². The Morgan fingerprint density at radius 3 is 3.29 bits per heavy atom. The monoisotopic (exact) mass is 212 g/mol. The van der Waals surface area contributed by atoms with E-state index in [0.717, 1.165) is 36.6 Å². The van der Waals surface area contributed by atoms with Gasteiger partial charge in [-0.3, -0.25) is 0 Å². The average Bonchev–Trinajstić information content (AvgIpc) is 2.86. The second-order valence-electron chi connectivity index (χ2n) is 3.63. The maximum atomic E-state index is 5.91. The second-order valence-corrected chi connectivity index (χ2v) is 4.52. The molecule has 2 rings (SSSR count). The number of hydrogen-bond donors (Lipinski definition) is 1. The molecule has 14 heavy (non-hydrogen) atoms. The molecule has 0 bridgehead atoms. The summed E-state index contributed by atoms with van der Waals surface area (Å²) >= 11 is 1.67. The summed E-state index contributed by atoms with van der Waals surface area (Å²) in [7, 11) is 0. The molecule has 1 saturated heterocycles. The molecule has 2 heterocycles. The van der Waals surface area contributed by atoms with Crippen molar-refractivity contribution < 1.29 is 4.74 Å². The Morgan fingerprint density at radius 1 is 1.79 bits per heavy atom. The van der Waals surface area contributed by atoms with Gasteiger partial charge in [-0.15, -0.1) is 11.3 Å². The van der Waals surface area contributed by atoms with E-state index < -0.39 is 0 Å². The number of nitrogens with zero attached hydrogens (tertiary/aromatic N) is 1. The summed E-state index contributed by atoms with van der Waals surface area (Å²) in [4.78, 5) is 4.53. The Bertz CT molecular complexity index is 294. The molecular weight excluding hydrogens is 196 g/mol. The molecule has 2 unspecified atom stereocenters. The highest BCUT2D eigenvalue weighted by Crippen LogP contribution is 2.31. The van der Waals surface area contributed by atoms with Crippen molar-refractivity contribution in [1.82, 2.24) is 4.98 Å². The van der Waals surface area contributed by atoms with Crippen molar-refractivity contribution in [2.45, 2.75) is 38.3 Å². The van der Waals surface area contributed by atoms with Crippen LogP contribution in [0.3, 0.4) is 0 Å². The zero-order valence-electron chi connectivity index (χ0n) is 8.40. The lowest BCUT2D eigenvalue weighted by Crippen LogP contribution is -2.09. The lowest BCUT2D eigenvalue weighted by atomic mass is 10.2. The number of nitrogens with two attached hydrogens (primary N) is 1. The highest BCUT2D eigenvalue weighted by atomic mass is 32.1. The molecule has 1 aliphatic rings. The van der Waals surface area contributed by atoms with Crippen LogP contribution in [0.15, 0.2) is 5.38 Å². The van der Waals surface area contributed by atoms with Crippen LogP contribution in [0.2, 0.25) is 0 Å². The highest BCUT2D eigenvalue weighted by molar-refractivity contribution is 7.09. The molecule has 2 N–H and O–H groups in total. The molecule has 0 aliphatic carbocycles. The van der Waals surface area contributed by atoms with Gasteiger partial charge < -0.3 is 10.5 Å². The Kier molecular flexibility index (Phi) is 3.15. The van der Waals surface area contributed by atoms with Crippen LogP contribution >= 0.6 is 11.3 Å². The summed E-state index contributed by atoms with van der Waals surface area (Å²) < 4.78 is 5.57. The molecule has 3 nitrogen and oxygen atoms in total. The van der Waals surface area contributed by atoms with Crippen LogP contribution in [0.1, 0.15) is 49.0 Å². The number of rotatable bonds is 3. The van der Waals surface area contributed by atoms with Crippen molar-refractivity contribution >= 4 is 11.3 Å². The van der Waals surface area contributed by atoms with Crippen LogP contribution in [-0.2, 0) is 4.74 Å². The van der Waals surface area contributed by atoms with E-state index in [0.29, 0.717) is 0 Å². The summed E-state index contributed by atoms with van der Waals surface area (Å²) in [5, 5.41) is 3.16. The van der Waals surface area contributed by atoms with Gasteiger partial charge in [0.1, 0.15) is 11.1 Å². The van der Waals surface area contributed by atoms with E-state index in [1.54, 1.807) is 11.3 Å². The van der Waals surface area contributed by atoms with Crippen LogP contribution in [0, 0.1) is 0 Å². The Labute approximate surface area is 88.3 Å². The average molecular weight is 212 g/mol. The standard InChI is InChI=1S/C10H16N2OS/c1-2-7(11)8-6-14-10(12-8)9-4-3-5-13-9/h6-7,9H,2-5,11H2,1H3. The van der Waals surface area contributed by atoms with Crippen molar-refractivity contribution in [3.63, 3.8) is 0 Å². The van der Waals surface area contributed by atoms with Gasteiger partial charge in [0.05, 0.1) is 5.69 Å². The summed E-state index contributed by atoms with van der Waals surface area (Å²) in [6.07, 6.45) is 3.43. The molecule has 78 valence electrons. The normalized spacial score (nSPS) is 24.0. The van der Waals surface area contributed by atoms with Crippen LogP contribution in [-0.4, -0.2) is 11.6 Å². The Morgan fingerprint density at radius 2 is 2.64 bits per heavy atom. The lowest BCUT2D eigenvalue weighted by molar-refractivity contribution is 0.111. The van der Waals surface area contributed by atoms with E-state index in [-0.39, 0.29) is 12.1 Å². The molecular formula is C10H16N2OS. The number of aromatic nitrogens is 1. The minimum atomic E-state index is 0.0846. The quantitative estimate of drug-likeness (QED) is 0.837. The van der Waals surface area contributed by atoms with Crippen LogP contribution < -0.4 is 5.73 Å². The van der Waals surface area contributed by atoms with Crippen molar-refractivity contribution in [3.8, 4) is 0 Å². The van der Waals surface area contributed by atoms with Gasteiger partial charge in [-0.2, -0.15) is 0 Å². The Hall–Kier alpha value is -0.450. The van der Waals surface area contributed by atoms with E-state index in [1.807, 2.05) is 0 Å². The highest BCUT2D eigenvalue weighted by Gasteiger charge is 2.21. The Balaban J connectivity index is 2.08. The summed E-state index contributed by atoms with van der Waals surface area (Å²) in [5.41, 5.74) is 6.93. The van der Waals surface area contributed by atoms with Gasteiger partial charge in [-0.05, 0) is 19.3 Å². The molecule has 1 fully saturated rings. The first-order valence-electron chi connectivity index (χ1n) is 5.13. The van der Waals surface area contributed by atoms with Gasteiger partial charge in [-0.25, -0.2) is 4.98 Å². The van der Waals surface area contributed by atoms with Gasteiger partial charge in [0.25, 0.3) is 0 Å². The second kappa shape index (κ2) is 4.38. The van der Waals surface area contributed by atoms with Gasteiger partial charge >= 0.3 is 0 Å². The van der Waals surface area contributed by atoms with Gasteiger partial charge in [0.2, 0.25) is 0 Å². The molecule has 0 amide bonds. The summed E-state index contributed by atoms with van der Waals surface area (Å²) in [6, 6.07) is 0.0846. The van der Waals surface area contributed by atoms with E-state index in [1.165, 1.54) is 0 Å². The molecule has 0 radical (unpaired) electrons. The fourth-order valence-corrected chi connectivity index (χ4v) is 2.57.